The van der Waals surface area contributed by atoms with Crippen LogP contribution >= 0.6 is 12.2 Å². The van der Waals surface area contributed by atoms with Crippen molar-refractivity contribution >= 4 is 28.8 Å². The SMILES string of the molecule is Cc1cc(F)cc(C(=O)Nc2cccc(C)c2C(N)=S)c1. The normalized spacial score (nSPS) is 10.2. The molecule has 108 valence electrons. The summed E-state index contributed by atoms with van der Waals surface area (Å²) in [5, 5.41) is 2.73. The van der Waals surface area contributed by atoms with Crippen molar-refractivity contribution in [2.75, 3.05) is 5.32 Å². The van der Waals surface area contributed by atoms with Crippen molar-refractivity contribution in [3.63, 3.8) is 0 Å². The molecule has 0 saturated heterocycles. The van der Waals surface area contributed by atoms with Gasteiger partial charge in [0.15, 0.2) is 0 Å². The molecule has 0 aliphatic heterocycles. The Kier molecular flexibility index (Phi) is 4.33. The van der Waals surface area contributed by atoms with E-state index in [-0.39, 0.29) is 10.6 Å². The highest BCUT2D eigenvalue weighted by Crippen LogP contribution is 2.20. The van der Waals surface area contributed by atoms with E-state index < -0.39 is 11.7 Å². The molecule has 0 spiro atoms. The zero-order chi connectivity index (χ0) is 15.6. The summed E-state index contributed by atoms with van der Waals surface area (Å²) in [6, 6.07) is 9.54. The first-order chi connectivity index (χ1) is 9.88. The minimum absolute atomic E-state index is 0.207. The summed E-state index contributed by atoms with van der Waals surface area (Å²) in [5.41, 5.74) is 8.64. The first kappa shape index (κ1) is 15.1. The van der Waals surface area contributed by atoms with Crippen LogP contribution in [0, 0.1) is 19.7 Å². The summed E-state index contributed by atoms with van der Waals surface area (Å²) >= 11 is 5.01. The van der Waals surface area contributed by atoms with Crippen molar-refractivity contribution in [3.05, 3.63) is 64.5 Å². The predicted octanol–water partition coefficient (Wildman–Crippen LogP) is 3.33. The maximum absolute atomic E-state index is 13.4. The first-order valence-corrected chi connectivity index (χ1v) is 6.77. The molecule has 2 rings (SSSR count). The molecule has 0 saturated carbocycles. The molecule has 0 bridgehead atoms. The monoisotopic (exact) mass is 302 g/mol. The molecule has 0 aliphatic carbocycles. The van der Waals surface area contributed by atoms with Crippen LogP contribution in [0.25, 0.3) is 0 Å². The minimum Gasteiger partial charge on any atom is -0.389 e. The largest absolute Gasteiger partial charge is 0.389 e. The van der Waals surface area contributed by atoms with Gasteiger partial charge >= 0.3 is 0 Å². The predicted molar refractivity (Wildman–Crippen MR) is 86.2 cm³/mol. The van der Waals surface area contributed by atoms with Gasteiger partial charge in [0.2, 0.25) is 0 Å². The van der Waals surface area contributed by atoms with Crippen LogP contribution in [0.3, 0.4) is 0 Å². The number of hydrogen-bond acceptors (Lipinski definition) is 2. The molecule has 0 aromatic heterocycles. The molecule has 21 heavy (non-hydrogen) atoms. The van der Waals surface area contributed by atoms with Crippen LogP contribution in [-0.4, -0.2) is 10.9 Å². The van der Waals surface area contributed by atoms with Gasteiger partial charge in [-0.05, 0) is 49.2 Å². The molecule has 0 aliphatic rings. The highest BCUT2D eigenvalue weighted by Gasteiger charge is 2.13. The average molecular weight is 302 g/mol. The van der Waals surface area contributed by atoms with E-state index in [4.69, 9.17) is 18.0 Å². The molecular weight excluding hydrogens is 287 g/mol. The number of benzene rings is 2. The Labute approximate surface area is 128 Å². The maximum Gasteiger partial charge on any atom is 0.255 e. The highest BCUT2D eigenvalue weighted by molar-refractivity contribution is 7.80. The smallest absolute Gasteiger partial charge is 0.255 e. The lowest BCUT2D eigenvalue weighted by Gasteiger charge is -2.13. The van der Waals surface area contributed by atoms with Crippen molar-refractivity contribution in [1.82, 2.24) is 0 Å². The van der Waals surface area contributed by atoms with E-state index in [2.05, 4.69) is 5.32 Å². The molecule has 0 heterocycles. The fourth-order valence-electron chi connectivity index (χ4n) is 2.16. The zero-order valence-electron chi connectivity index (χ0n) is 11.7. The van der Waals surface area contributed by atoms with Gasteiger partial charge in [0.1, 0.15) is 10.8 Å². The fraction of sp³-hybridized carbons (Fsp3) is 0.125. The quantitative estimate of drug-likeness (QED) is 0.855. The second-order valence-corrected chi connectivity index (χ2v) is 5.27. The zero-order valence-corrected chi connectivity index (χ0v) is 12.6. The van der Waals surface area contributed by atoms with Crippen molar-refractivity contribution in [1.29, 1.82) is 0 Å². The number of nitrogens with one attached hydrogen (secondary N) is 1. The molecule has 0 atom stereocenters. The van der Waals surface area contributed by atoms with Crippen LogP contribution in [0.1, 0.15) is 27.0 Å². The van der Waals surface area contributed by atoms with E-state index in [0.29, 0.717) is 16.8 Å². The molecule has 5 heteroatoms. The molecule has 0 unspecified atom stereocenters. The van der Waals surface area contributed by atoms with Gasteiger partial charge < -0.3 is 11.1 Å². The highest BCUT2D eigenvalue weighted by atomic mass is 32.1. The third kappa shape index (κ3) is 3.44. The topological polar surface area (TPSA) is 55.1 Å². The first-order valence-electron chi connectivity index (χ1n) is 6.36. The van der Waals surface area contributed by atoms with Crippen LogP contribution in [0.4, 0.5) is 10.1 Å². The van der Waals surface area contributed by atoms with E-state index >= 15 is 0 Å². The Morgan fingerprint density at radius 1 is 1.24 bits per heavy atom. The van der Waals surface area contributed by atoms with Gasteiger partial charge in [-0.15, -0.1) is 0 Å². The molecule has 2 aromatic rings. The number of amides is 1. The minimum atomic E-state index is -0.445. The Balaban J connectivity index is 2.36. The van der Waals surface area contributed by atoms with E-state index in [0.717, 1.165) is 5.56 Å². The summed E-state index contributed by atoms with van der Waals surface area (Å²) in [6.07, 6.45) is 0. The molecular formula is C16H15FN2OS. The lowest BCUT2D eigenvalue weighted by molar-refractivity contribution is 0.102. The van der Waals surface area contributed by atoms with Gasteiger partial charge in [-0.3, -0.25) is 4.79 Å². The average Bonchev–Trinajstić information content (AvgIpc) is 2.37. The van der Waals surface area contributed by atoms with Gasteiger partial charge in [0, 0.05) is 11.1 Å². The Morgan fingerprint density at radius 2 is 1.95 bits per heavy atom. The van der Waals surface area contributed by atoms with Gasteiger partial charge in [-0.25, -0.2) is 4.39 Å². The summed E-state index contributed by atoms with van der Waals surface area (Å²) in [6.45, 7) is 3.59. The van der Waals surface area contributed by atoms with Crippen molar-refractivity contribution in [2.45, 2.75) is 13.8 Å². The number of rotatable bonds is 3. The number of hydrogen-bond donors (Lipinski definition) is 2. The van der Waals surface area contributed by atoms with E-state index in [1.54, 1.807) is 25.1 Å². The van der Waals surface area contributed by atoms with Crippen LogP contribution in [0.5, 0.6) is 0 Å². The van der Waals surface area contributed by atoms with Crippen molar-refractivity contribution in [2.24, 2.45) is 5.73 Å². The number of anilines is 1. The number of nitrogens with two attached hydrogens (primary N) is 1. The van der Waals surface area contributed by atoms with Crippen LogP contribution in [0.2, 0.25) is 0 Å². The van der Waals surface area contributed by atoms with E-state index in [9.17, 15) is 9.18 Å². The second kappa shape index (κ2) is 6.01. The third-order valence-corrected chi connectivity index (χ3v) is 3.28. The van der Waals surface area contributed by atoms with Gasteiger partial charge in [0.25, 0.3) is 5.91 Å². The Hall–Kier alpha value is -2.27. The molecule has 0 fully saturated rings. The summed E-state index contributed by atoms with van der Waals surface area (Å²) in [4.78, 5) is 12.5. The number of aryl methyl sites for hydroxylation is 2. The summed E-state index contributed by atoms with van der Waals surface area (Å²) in [7, 11) is 0. The Morgan fingerprint density at radius 3 is 2.57 bits per heavy atom. The number of carbonyl (C=O) groups is 1. The molecule has 3 N–H and O–H groups in total. The molecule has 2 aromatic carbocycles. The molecule has 0 radical (unpaired) electrons. The van der Waals surface area contributed by atoms with E-state index in [1.165, 1.54) is 12.1 Å². The van der Waals surface area contributed by atoms with Gasteiger partial charge in [0.05, 0.1) is 5.69 Å². The summed E-state index contributed by atoms with van der Waals surface area (Å²) < 4.78 is 13.4. The third-order valence-electron chi connectivity index (χ3n) is 3.07. The maximum atomic E-state index is 13.4. The van der Waals surface area contributed by atoms with Crippen molar-refractivity contribution < 1.29 is 9.18 Å². The number of halogens is 1. The second-order valence-electron chi connectivity index (χ2n) is 4.83. The lowest BCUT2D eigenvalue weighted by Crippen LogP contribution is -2.19. The Bertz CT molecular complexity index is 708. The van der Waals surface area contributed by atoms with Gasteiger partial charge in [-0.1, -0.05) is 24.4 Å². The lowest BCUT2D eigenvalue weighted by atomic mass is 10.1. The van der Waals surface area contributed by atoms with Crippen molar-refractivity contribution in [3.8, 4) is 0 Å². The van der Waals surface area contributed by atoms with Gasteiger partial charge in [-0.2, -0.15) is 0 Å². The van der Waals surface area contributed by atoms with E-state index in [1.807, 2.05) is 13.0 Å². The van der Waals surface area contributed by atoms with Crippen LogP contribution in [0.15, 0.2) is 36.4 Å². The standard InChI is InChI=1S/C16H15FN2OS/c1-9-6-11(8-12(17)7-9)16(20)19-13-5-3-4-10(2)14(13)15(18)21/h3-8H,1-2H3,(H2,18,21)(H,19,20). The molecule has 3 nitrogen and oxygen atoms in total. The fourth-order valence-corrected chi connectivity index (χ4v) is 2.43. The van der Waals surface area contributed by atoms with Crippen LogP contribution < -0.4 is 11.1 Å². The van der Waals surface area contributed by atoms with Crippen LogP contribution in [-0.2, 0) is 0 Å². The summed E-state index contributed by atoms with van der Waals surface area (Å²) in [5.74, 6) is -0.848. The number of thiocarbonyl (C=S) groups is 1. The number of carbonyl (C=O) groups excluding carboxylic acids is 1. The molecule has 1 amide bonds.